The minimum atomic E-state index is -0.493. The minimum Gasteiger partial charge on any atom is -0.456 e. The van der Waals surface area contributed by atoms with E-state index < -0.39 is 5.97 Å². The lowest BCUT2D eigenvalue weighted by molar-refractivity contribution is -0.153. The van der Waals surface area contributed by atoms with E-state index in [-0.39, 0.29) is 36.8 Å². The van der Waals surface area contributed by atoms with Gasteiger partial charge in [-0.3, -0.25) is 14.4 Å². The number of hydrogen-bond donors (Lipinski definition) is 0. The lowest BCUT2D eigenvalue weighted by atomic mass is 9.84. The second-order valence-electron chi connectivity index (χ2n) is 7.59. The van der Waals surface area contributed by atoms with Crippen LogP contribution in [-0.4, -0.2) is 81.1 Å². The highest BCUT2D eigenvalue weighted by Gasteiger charge is 2.41. The third kappa shape index (κ3) is 4.70. The quantitative estimate of drug-likeness (QED) is 0.684. The summed E-state index contributed by atoms with van der Waals surface area (Å²) in [7, 11) is 3.65. The number of rotatable bonds is 5. The molecule has 2 atom stereocenters. The highest BCUT2D eigenvalue weighted by molar-refractivity contribution is 5.83. The first kappa shape index (κ1) is 21.1. The monoisotopic (exact) mass is 403 g/mol. The maximum Gasteiger partial charge on any atom is 0.303 e. The molecule has 2 aliphatic rings. The number of carbonyl (C=O) groups is 3. The molecule has 2 aliphatic heterocycles. The van der Waals surface area contributed by atoms with Gasteiger partial charge in [0.25, 0.3) is 5.91 Å². The van der Waals surface area contributed by atoms with Crippen molar-refractivity contribution >= 4 is 23.5 Å². The van der Waals surface area contributed by atoms with Crippen LogP contribution in [0.25, 0.3) is 0 Å². The first-order valence-electron chi connectivity index (χ1n) is 9.92. The summed E-state index contributed by atoms with van der Waals surface area (Å²) in [5.41, 5.74) is 2.14. The average Bonchev–Trinajstić information content (AvgIpc) is 2.70. The second kappa shape index (κ2) is 9.26. The SMILES string of the molecule is COCCN1C[C@H]2CN(C)c3ccccc3[C@@H]2N(C(=O)COC(C)=O)CCC1=O. The Hall–Kier alpha value is -2.61. The van der Waals surface area contributed by atoms with Crippen molar-refractivity contribution in [3.05, 3.63) is 29.8 Å². The number of esters is 1. The Bertz CT molecular complexity index is 768. The fourth-order valence-electron chi connectivity index (χ4n) is 4.31. The topological polar surface area (TPSA) is 79.4 Å². The van der Waals surface area contributed by atoms with Crippen molar-refractivity contribution in [3.63, 3.8) is 0 Å². The van der Waals surface area contributed by atoms with E-state index in [1.807, 2.05) is 36.2 Å². The second-order valence-corrected chi connectivity index (χ2v) is 7.59. The van der Waals surface area contributed by atoms with Gasteiger partial charge in [-0.1, -0.05) is 18.2 Å². The Morgan fingerprint density at radius 3 is 2.69 bits per heavy atom. The highest BCUT2D eigenvalue weighted by atomic mass is 16.5. The zero-order valence-electron chi connectivity index (χ0n) is 17.3. The van der Waals surface area contributed by atoms with E-state index in [0.717, 1.165) is 17.8 Å². The summed E-state index contributed by atoms with van der Waals surface area (Å²) in [6.45, 7) is 3.54. The van der Waals surface area contributed by atoms with Gasteiger partial charge in [-0.05, 0) is 11.6 Å². The van der Waals surface area contributed by atoms with Gasteiger partial charge in [0.15, 0.2) is 6.61 Å². The molecule has 8 heteroatoms. The summed E-state index contributed by atoms with van der Waals surface area (Å²) in [4.78, 5) is 42.7. The molecule has 0 N–H and O–H groups in total. The van der Waals surface area contributed by atoms with Gasteiger partial charge in [-0.25, -0.2) is 0 Å². The van der Waals surface area contributed by atoms with E-state index in [9.17, 15) is 14.4 Å². The van der Waals surface area contributed by atoms with E-state index in [0.29, 0.717) is 26.2 Å². The number of fused-ring (bicyclic) bond motifs is 3. The number of nitrogens with zero attached hydrogens (tertiary/aromatic N) is 3. The first-order valence-corrected chi connectivity index (χ1v) is 9.92. The smallest absolute Gasteiger partial charge is 0.303 e. The highest BCUT2D eigenvalue weighted by Crippen LogP contribution is 2.41. The predicted octanol–water partition coefficient (Wildman–Crippen LogP) is 1.06. The van der Waals surface area contributed by atoms with Crippen molar-refractivity contribution < 1.29 is 23.9 Å². The number of hydrogen-bond acceptors (Lipinski definition) is 6. The average molecular weight is 403 g/mol. The van der Waals surface area contributed by atoms with Crippen molar-refractivity contribution in [2.75, 3.05) is 58.5 Å². The molecule has 0 aliphatic carbocycles. The van der Waals surface area contributed by atoms with Crippen LogP contribution < -0.4 is 4.90 Å². The number of ether oxygens (including phenoxy) is 2. The van der Waals surface area contributed by atoms with Crippen LogP contribution in [0.1, 0.15) is 24.9 Å². The van der Waals surface area contributed by atoms with Gasteiger partial charge in [0.1, 0.15) is 0 Å². The zero-order valence-corrected chi connectivity index (χ0v) is 17.3. The first-order chi connectivity index (χ1) is 13.9. The summed E-state index contributed by atoms with van der Waals surface area (Å²) in [5.74, 6) is -0.718. The molecule has 1 aromatic carbocycles. The molecule has 2 heterocycles. The molecule has 158 valence electrons. The van der Waals surface area contributed by atoms with Gasteiger partial charge in [-0.15, -0.1) is 0 Å². The predicted molar refractivity (Wildman–Crippen MR) is 107 cm³/mol. The normalized spacial score (nSPS) is 21.8. The molecule has 3 rings (SSSR count). The Morgan fingerprint density at radius 1 is 1.21 bits per heavy atom. The molecule has 0 radical (unpaired) electrons. The Labute approximate surface area is 171 Å². The maximum atomic E-state index is 13.0. The molecule has 8 nitrogen and oxygen atoms in total. The number of methoxy groups -OCH3 is 1. The minimum absolute atomic E-state index is 0.00676. The standard InChI is InChI=1S/C21H29N3O5/c1-15(25)29-14-20(27)24-9-8-19(26)23(10-11-28-3)13-16-12-22(2)18-7-5-4-6-17(18)21(16)24/h4-7,16,21H,8-14H2,1-3H3/t16-,21-/m1/s1. The van der Waals surface area contributed by atoms with Crippen LogP contribution in [0.4, 0.5) is 5.69 Å². The van der Waals surface area contributed by atoms with Crippen LogP contribution >= 0.6 is 0 Å². The molecule has 0 bridgehead atoms. The van der Waals surface area contributed by atoms with Crippen molar-refractivity contribution in [1.82, 2.24) is 9.80 Å². The Kier molecular flexibility index (Phi) is 6.74. The van der Waals surface area contributed by atoms with E-state index >= 15 is 0 Å². The third-order valence-electron chi connectivity index (χ3n) is 5.62. The lowest BCUT2D eigenvalue weighted by Crippen LogP contribution is -2.54. The van der Waals surface area contributed by atoms with Crippen LogP contribution in [0, 0.1) is 5.92 Å². The van der Waals surface area contributed by atoms with Crippen LogP contribution in [0.5, 0.6) is 0 Å². The molecular weight excluding hydrogens is 374 g/mol. The molecule has 0 unspecified atom stereocenters. The summed E-state index contributed by atoms with van der Waals surface area (Å²) >= 11 is 0. The number of para-hydroxylation sites is 1. The number of carbonyl (C=O) groups excluding carboxylic acids is 3. The fourth-order valence-corrected chi connectivity index (χ4v) is 4.31. The summed E-state index contributed by atoms with van der Waals surface area (Å²) in [5, 5.41) is 0. The van der Waals surface area contributed by atoms with Crippen LogP contribution in [-0.2, 0) is 23.9 Å². The van der Waals surface area contributed by atoms with Crippen molar-refractivity contribution in [2.45, 2.75) is 19.4 Å². The van der Waals surface area contributed by atoms with Gasteiger partial charge in [0, 0.05) is 65.3 Å². The molecule has 1 fully saturated rings. The van der Waals surface area contributed by atoms with Crippen LogP contribution in [0.2, 0.25) is 0 Å². The summed E-state index contributed by atoms with van der Waals surface area (Å²) < 4.78 is 10.1. The largest absolute Gasteiger partial charge is 0.456 e. The van der Waals surface area contributed by atoms with Crippen LogP contribution in [0.15, 0.2) is 24.3 Å². The molecule has 29 heavy (non-hydrogen) atoms. The molecule has 0 spiro atoms. The summed E-state index contributed by atoms with van der Waals surface area (Å²) in [6.07, 6.45) is 0.233. The molecule has 0 saturated carbocycles. The summed E-state index contributed by atoms with van der Waals surface area (Å²) in [6, 6.07) is 7.86. The van der Waals surface area contributed by atoms with Gasteiger partial charge in [0.05, 0.1) is 12.6 Å². The van der Waals surface area contributed by atoms with Gasteiger partial charge in [-0.2, -0.15) is 0 Å². The molecule has 0 aromatic heterocycles. The van der Waals surface area contributed by atoms with Crippen molar-refractivity contribution in [2.24, 2.45) is 5.92 Å². The molecule has 2 amide bonds. The van der Waals surface area contributed by atoms with E-state index in [1.54, 1.807) is 12.0 Å². The van der Waals surface area contributed by atoms with Crippen molar-refractivity contribution in [1.29, 1.82) is 0 Å². The van der Waals surface area contributed by atoms with Gasteiger partial charge >= 0.3 is 5.97 Å². The van der Waals surface area contributed by atoms with Gasteiger partial charge < -0.3 is 24.2 Å². The molecular formula is C21H29N3O5. The Morgan fingerprint density at radius 2 is 1.97 bits per heavy atom. The third-order valence-corrected chi connectivity index (χ3v) is 5.62. The van der Waals surface area contributed by atoms with Crippen molar-refractivity contribution in [3.8, 4) is 0 Å². The Balaban J connectivity index is 1.95. The van der Waals surface area contributed by atoms with Gasteiger partial charge in [0.2, 0.25) is 5.91 Å². The zero-order chi connectivity index (χ0) is 21.0. The fraction of sp³-hybridized carbons (Fsp3) is 0.571. The lowest BCUT2D eigenvalue weighted by Gasteiger charge is -2.47. The van der Waals surface area contributed by atoms with Crippen LogP contribution in [0.3, 0.4) is 0 Å². The molecule has 1 aromatic rings. The molecule has 1 saturated heterocycles. The van der Waals surface area contributed by atoms with E-state index in [1.165, 1.54) is 6.92 Å². The van der Waals surface area contributed by atoms with E-state index in [4.69, 9.17) is 9.47 Å². The number of anilines is 1. The number of benzene rings is 1. The van der Waals surface area contributed by atoms with E-state index in [2.05, 4.69) is 4.90 Å². The number of amides is 2. The maximum absolute atomic E-state index is 13.0.